The largest absolute Gasteiger partial charge is 0.488 e. The molecule has 1 aliphatic rings. The van der Waals surface area contributed by atoms with Crippen molar-refractivity contribution in [3.8, 4) is 40.2 Å². The van der Waals surface area contributed by atoms with Crippen LogP contribution in [0.4, 0.5) is 0 Å². The van der Waals surface area contributed by atoms with Crippen molar-refractivity contribution in [2.75, 3.05) is 72.6 Å². The van der Waals surface area contributed by atoms with Crippen LogP contribution in [0.1, 0.15) is 34.4 Å². The molecule has 0 saturated heterocycles. The van der Waals surface area contributed by atoms with E-state index in [0.717, 1.165) is 44.9 Å². The molecule has 0 radical (unpaired) electrons. The maximum Gasteiger partial charge on any atom is 0.305 e. The van der Waals surface area contributed by atoms with Crippen molar-refractivity contribution >= 4 is 17.6 Å². The molecule has 292 valence electrons. The number of aliphatic carboxylic acids is 1. The maximum absolute atomic E-state index is 10.5. The number of hydrogen-bond acceptors (Lipinski definition) is 12. The lowest BCUT2D eigenvalue weighted by Gasteiger charge is -2.20. The summed E-state index contributed by atoms with van der Waals surface area (Å²) in [5.41, 5.74) is 6.13. The Balaban J connectivity index is 1.12. The molecule has 0 amide bonds. The van der Waals surface area contributed by atoms with Crippen molar-refractivity contribution in [2.24, 2.45) is 0 Å². The van der Waals surface area contributed by atoms with Gasteiger partial charge in [0.05, 0.1) is 64.3 Å². The van der Waals surface area contributed by atoms with Crippen molar-refractivity contribution < 1.29 is 47.8 Å². The fraction of sp³-hybridized carbons (Fsp3) is 0.390. The molecule has 0 aliphatic carbocycles. The van der Waals surface area contributed by atoms with Gasteiger partial charge in [-0.3, -0.25) is 4.79 Å². The molecule has 1 aromatic heterocycles. The molecule has 0 saturated carbocycles. The topological polar surface area (TPSA) is 160 Å². The standard InChI is InChI=1S/C41H46ClN3O10/c1-29-32(3-2-4-35(29)31-5-6-37-40(23-31)53-20-19-52-37)28-55-39-24-38(54-27-30-7-9-45-34(21-30)25-43)33(22-36(39)42)26-44-10-12-49-14-16-51-18-17-50-15-13-48-11-8-41(46)47/h2-7,9,21-24,44H,8,10-20,26-28H2,1H3,(H,46,47). The van der Waals surface area contributed by atoms with Crippen LogP contribution in [-0.2, 0) is 43.5 Å². The van der Waals surface area contributed by atoms with Gasteiger partial charge in [0.2, 0.25) is 0 Å². The lowest BCUT2D eigenvalue weighted by Crippen LogP contribution is -2.21. The molecule has 5 rings (SSSR count). The molecule has 13 nitrogen and oxygen atoms in total. The van der Waals surface area contributed by atoms with Gasteiger partial charge >= 0.3 is 5.97 Å². The lowest BCUT2D eigenvalue weighted by atomic mass is 9.96. The SMILES string of the molecule is Cc1c(COc2cc(OCc3ccnc(C#N)c3)c(CNCCOCCOCCOCCOCCC(=O)O)cc2Cl)cccc1-c1ccc2c(c1)OCCO2. The summed E-state index contributed by atoms with van der Waals surface area (Å²) < 4.78 is 45.9. The summed E-state index contributed by atoms with van der Waals surface area (Å²) in [4.78, 5) is 14.5. The minimum atomic E-state index is -0.887. The van der Waals surface area contributed by atoms with E-state index in [9.17, 15) is 10.1 Å². The zero-order chi connectivity index (χ0) is 38.7. The predicted octanol–water partition coefficient (Wildman–Crippen LogP) is 6.14. The van der Waals surface area contributed by atoms with Gasteiger partial charge < -0.3 is 48.3 Å². The number of halogens is 1. The zero-order valence-corrected chi connectivity index (χ0v) is 31.6. The predicted molar refractivity (Wildman–Crippen MR) is 204 cm³/mol. The van der Waals surface area contributed by atoms with Crippen molar-refractivity contribution in [2.45, 2.75) is 33.1 Å². The fourth-order valence-electron chi connectivity index (χ4n) is 5.55. The Hall–Kier alpha value is -4.94. The van der Waals surface area contributed by atoms with E-state index < -0.39 is 5.97 Å². The first-order chi connectivity index (χ1) is 26.9. The monoisotopic (exact) mass is 775 g/mol. The van der Waals surface area contributed by atoms with Crippen LogP contribution in [0.25, 0.3) is 11.1 Å². The molecular formula is C41H46ClN3O10. The molecule has 3 aromatic carbocycles. The van der Waals surface area contributed by atoms with Gasteiger partial charge in [-0.15, -0.1) is 0 Å². The molecule has 1 aliphatic heterocycles. The van der Waals surface area contributed by atoms with Crippen LogP contribution in [0.2, 0.25) is 5.02 Å². The molecule has 0 bridgehead atoms. The van der Waals surface area contributed by atoms with Crippen LogP contribution in [0, 0.1) is 18.3 Å². The van der Waals surface area contributed by atoms with E-state index in [1.807, 2.05) is 36.4 Å². The third-order valence-corrected chi connectivity index (χ3v) is 8.74. The summed E-state index contributed by atoms with van der Waals surface area (Å²) in [5, 5.41) is 21.7. The fourth-order valence-corrected chi connectivity index (χ4v) is 5.79. The Labute approximate surface area is 325 Å². The third kappa shape index (κ3) is 13.4. The Morgan fingerprint density at radius 2 is 1.55 bits per heavy atom. The number of nitrogens with one attached hydrogen (secondary N) is 1. The van der Waals surface area contributed by atoms with E-state index in [1.165, 1.54) is 0 Å². The number of nitrogens with zero attached hydrogens (tertiary/aromatic N) is 2. The number of carboxylic acid groups (broad SMARTS) is 1. The molecule has 0 atom stereocenters. The Kier molecular flexibility index (Phi) is 16.8. The number of ether oxygens (including phenoxy) is 8. The normalized spacial score (nSPS) is 11.9. The molecule has 0 unspecified atom stereocenters. The second-order valence-electron chi connectivity index (χ2n) is 12.3. The molecular weight excluding hydrogens is 730 g/mol. The molecule has 14 heteroatoms. The van der Waals surface area contributed by atoms with Gasteiger partial charge in [-0.1, -0.05) is 35.9 Å². The molecule has 0 fully saturated rings. The number of carbonyl (C=O) groups is 1. The highest BCUT2D eigenvalue weighted by molar-refractivity contribution is 6.32. The number of pyridine rings is 1. The van der Waals surface area contributed by atoms with E-state index >= 15 is 0 Å². The number of carboxylic acids is 1. The molecule has 55 heavy (non-hydrogen) atoms. The third-order valence-electron chi connectivity index (χ3n) is 8.45. The quantitative estimate of drug-likeness (QED) is 0.0783. The van der Waals surface area contributed by atoms with Gasteiger partial charge in [-0.2, -0.15) is 5.26 Å². The number of fused-ring (bicyclic) bond motifs is 1. The van der Waals surface area contributed by atoms with E-state index in [4.69, 9.17) is 54.6 Å². The van der Waals surface area contributed by atoms with Crippen molar-refractivity contribution in [3.05, 3.63) is 99.8 Å². The van der Waals surface area contributed by atoms with Gasteiger partial charge in [0, 0.05) is 30.9 Å². The van der Waals surface area contributed by atoms with Gasteiger partial charge in [0.15, 0.2) is 11.5 Å². The minimum Gasteiger partial charge on any atom is -0.488 e. The van der Waals surface area contributed by atoms with Gasteiger partial charge in [-0.25, -0.2) is 4.98 Å². The highest BCUT2D eigenvalue weighted by atomic mass is 35.5. The van der Waals surface area contributed by atoms with Crippen LogP contribution in [0.3, 0.4) is 0 Å². The summed E-state index contributed by atoms with van der Waals surface area (Å²) in [7, 11) is 0. The van der Waals surface area contributed by atoms with Crippen molar-refractivity contribution in [1.82, 2.24) is 10.3 Å². The summed E-state index contributed by atoms with van der Waals surface area (Å²) in [5.74, 6) is 1.67. The van der Waals surface area contributed by atoms with Gasteiger partial charge in [0.25, 0.3) is 0 Å². The maximum atomic E-state index is 10.5. The number of hydrogen-bond donors (Lipinski definition) is 2. The average Bonchev–Trinajstić information content (AvgIpc) is 3.20. The van der Waals surface area contributed by atoms with Crippen LogP contribution in [-0.4, -0.2) is 88.7 Å². The second kappa shape index (κ2) is 22.4. The molecule has 4 aromatic rings. The highest BCUT2D eigenvalue weighted by Crippen LogP contribution is 2.37. The van der Waals surface area contributed by atoms with Crippen LogP contribution in [0.15, 0.2) is 66.9 Å². The highest BCUT2D eigenvalue weighted by Gasteiger charge is 2.16. The van der Waals surface area contributed by atoms with Crippen LogP contribution in [0.5, 0.6) is 23.0 Å². The average molecular weight is 776 g/mol. The Morgan fingerprint density at radius 1 is 0.836 bits per heavy atom. The Bertz CT molecular complexity index is 1890. The minimum absolute atomic E-state index is 0.0217. The zero-order valence-electron chi connectivity index (χ0n) is 30.9. The van der Waals surface area contributed by atoms with E-state index in [2.05, 4.69) is 29.4 Å². The van der Waals surface area contributed by atoms with Crippen molar-refractivity contribution in [3.63, 3.8) is 0 Å². The van der Waals surface area contributed by atoms with Crippen LogP contribution >= 0.6 is 11.6 Å². The number of aromatic nitrogens is 1. The molecule has 0 spiro atoms. The summed E-state index contributed by atoms with van der Waals surface area (Å²) in [6.07, 6.45) is 1.56. The first-order valence-corrected chi connectivity index (χ1v) is 18.4. The number of rotatable bonds is 24. The molecule has 2 N–H and O–H groups in total. The molecule has 2 heterocycles. The van der Waals surface area contributed by atoms with E-state index in [1.54, 1.807) is 24.4 Å². The van der Waals surface area contributed by atoms with Gasteiger partial charge in [-0.05, 0) is 65.1 Å². The Morgan fingerprint density at radius 3 is 2.29 bits per heavy atom. The summed E-state index contributed by atoms with van der Waals surface area (Å²) in [6, 6.07) is 21.3. The van der Waals surface area contributed by atoms with E-state index in [-0.39, 0.29) is 26.2 Å². The van der Waals surface area contributed by atoms with Gasteiger partial charge in [0.1, 0.15) is 49.7 Å². The van der Waals surface area contributed by atoms with Crippen LogP contribution < -0.4 is 24.3 Å². The first-order valence-electron chi connectivity index (χ1n) is 18.1. The smallest absolute Gasteiger partial charge is 0.305 e. The lowest BCUT2D eigenvalue weighted by molar-refractivity contribution is -0.138. The number of benzene rings is 3. The summed E-state index contributed by atoms with van der Waals surface area (Å²) in [6.45, 7) is 7.74. The summed E-state index contributed by atoms with van der Waals surface area (Å²) >= 11 is 6.79. The second-order valence-corrected chi connectivity index (χ2v) is 12.8. The van der Waals surface area contributed by atoms with Crippen molar-refractivity contribution in [1.29, 1.82) is 5.26 Å². The number of nitriles is 1. The first kappa shape index (κ1) is 41.2. The van der Waals surface area contributed by atoms with E-state index in [0.29, 0.717) is 94.8 Å².